The Kier molecular flexibility index (Phi) is 9.04. The summed E-state index contributed by atoms with van der Waals surface area (Å²) in [5.74, 6) is 0.896. The molecule has 1 N–H and O–H groups in total. The maximum Gasteiger partial charge on any atom is 0.310 e. The largest absolute Gasteiger partial charge is 0.469 e. The zero-order chi connectivity index (χ0) is 16.8. The van der Waals surface area contributed by atoms with Gasteiger partial charge < -0.3 is 15.0 Å². The van der Waals surface area contributed by atoms with E-state index in [4.69, 9.17) is 9.73 Å². The van der Waals surface area contributed by atoms with Gasteiger partial charge >= 0.3 is 5.97 Å². The molecule has 1 heterocycles. The van der Waals surface area contributed by atoms with Crippen molar-refractivity contribution in [3.8, 4) is 0 Å². The lowest BCUT2D eigenvalue weighted by Crippen LogP contribution is -2.40. The first-order valence-corrected chi connectivity index (χ1v) is 8.70. The minimum Gasteiger partial charge on any atom is -0.469 e. The fourth-order valence-corrected chi connectivity index (χ4v) is 3.04. The van der Waals surface area contributed by atoms with Gasteiger partial charge in [-0.25, -0.2) is 4.99 Å². The normalized spacial score (nSPS) is 20.5. The fourth-order valence-electron chi connectivity index (χ4n) is 2.78. The maximum absolute atomic E-state index is 11.8. The number of nitrogens with zero attached hydrogens (tertiary/aromatic N) is 2. The second kappa shape index (κ2) is 10.2. The highest BCUT2D eigenvalue weighted by Gasteiger charge is 2.36. The highest BCUT2D eigenvalue weighted by molar-refractivity contribution is 14.0. The van der Waals surface area contributed by atoms with Gasteiger partial charge in [0.25, 0.3) is 0 Å². The second-order valence-corrected chi connectivity index (χ2v) is 6.72. The minimum atomic E-state index is -0.135. The zero-order valence-electron chi connectivity index (χ0n) is 14.3. The van der Waals surface area contributed by atoms with Crippen molar-refractivity contribution in [2.75, 3.05) is 26.7 Å². The van der Waals surface area contributed by atoms with Gasteiger partial charge in [0, 0.05) is 24.1 Å². The van der Waals surface area contributed by atoms with E-state index >= 15 is 0 Å². The Hall–Kier alpha value is -0.830. The van der Waals surface area contributed by atoms with Gasteiger partial charge in [0.1, 0.15) is 0 Å². The van der Waals surface area contributed by atoms with Gasteiger partial charge in [-0.3, -0.25) is 4.79 Å². The highest BCUT2D eigenvalue weighted by atomic mass is 127. The van der Waals surface area contributed by atoms with Crippen LogP contribution >= 0.6 is 39.9 Å². The van der Waals surface area contributed by atoms with Crippen LogP contribution in [0.5, 0.6) is 0 Å². The van der Waals surface area contributed by atoms with Gasteiger partial charge in [0.05, 0.1) is 19.6 Å². The molecular weight excluding hydrogens is 485 g/mol. The van der Waals surface area contributed by atoms with Crippen LogP contribution in [-0.4, -0.2) is 43.6 Å². The lowest BCUT2D eigenvalue weighted by Gasteiger charge is -2.21. The van der Waals surface area contributed by atoms with Crippen molar-refractivity contribution in [2.45, 2.75) is 20.4 Å². The molecule has 24 heavy (non-hydrogen) atoms. The standard InChI is InChI=1S/C17H24BrN3O2.HI/c1-4-19-17(20-9-13-5-7-14(18)8-6-13)21-10-12(2)15(11-21)16(22)23-3;/h5-8,12,15H,4,9-11H2,1-3H3,(H,19,20);1H. The van der Waals surface area contributed by atoms with Crippen molar-refractivity contribution in [3.05, 3.63) is 34.3 Å². The van der Waals surface area contributed by atoms with Crippen molar-refractivity contribution in [2.24, 2.45) is 16.8 Å². The molecule has 1 aliphatic heterocycles. The van der Waals surface area contributed by atoms with E-state index in [0.29, 0.717) is 13.1 Å². The Balaban J connectivity index is 0.00000288. The van der Waals surface area contributed by atoms with Crippen LogP contribution < -0.4 is 5.32 Å². The molecular formula is C17H25BrIN3O2. The first-order chi connectivity index (χ1) is 11.0. The molecule has 0 amide bonds. The van der Waals surface area contributed by atoms with E-state index in [0.717, 1.165) is 29.1 Å². The molecule has 0 bridgehead atoms. The number of hydrogen-bond donors (Lipinski definition) is 1. The lowest BCUT2D eigenvalue weighted by atomic mass is 9.99. The molecule has 1 saturated heterocycles. The van der Waals surface area contributed by atoms with Gasteiger partial charge in [-0.2, -0.15) is 0 Å². The number of ether oxygens (including phenoxy) is 1. The summed E-state index contributed by atoms with van der Waals surface area (Å²) >= 11 is 3.44. The van der Waals surface area contributed by atoms with Crippen LogP contribution in [0.25, 0.3) is 0 Å². The number of hydrogen-bond acceptors (Lipinski definition) is 3. The number of rotatable bonds is 4. The number of benzene rings is 1. The average molecular weight is 510 g/mol. The molecule has 2 atom stereocenters. The van der Waals surface area contributed by atoms with Crippen molar-refractivity contribution < 1.29 is 9.53 Å². The Labute approximate surface area is 169 Å². The van der Waals surface area contributed by atoms with Crippen LogP contribution in [0.4, 0.5) is 0 Å². The van der Waals surface area contributed by atoms with Crippen LogP contribution in [0.2, 0.25) is 0 Å². The number of likely N-dealkylation sites (tertiary alicyclic amines) is 1. The molecule has 5 nitrogen and oxygen atoms in total. The minimum absolute atomic E-state index is 0. The summed E-state index contributed by atoms with van der Waals surface area (Å²) in [5.41, 5.74) is 1.15. The second-order valence-electron chi connectivity index (χ2n) is 5.81. The third-order valence-electron chi connectivity index (χ3n) is 4.08. The Morgan fingerprint density at radius 1 is 1.38 bits per heavy atom. The summed E-state index contributed by atoms with van der Waals surface area (Å²) < 4.78 is 5.96. The molecule has 1 aliphatic rings. The summed E-state index contributed by atoms with van der Waals surface area (Å²) in [7, 11) is 1.45. The number of halogens is 2. The lowest BCUT2D eigenvalue weighted by molar-refractivity contribution is -0.145. The molecule has 0 aromatic heterocycles. The van der Waals surface area contributed by atoms with Crippen LogP contribution in [0.3, 0.4) is 0 Å². The third kappa shape index (κ3) is 5.61. The van der Waals surface area contributed by atoms with Crippen molar-refractivity contribution in [3.63, 3.8) is 0 Å². The molecule has 0 aliphatic carbocycles. The summed E-state index contributed by atoms with van der Waals surface area (Å²) in [6.07, 6.45) is 0. The Morgan fingerprint density at radius 2 is 2.04 bits per heavy atom. The first kappa shape index (κ1) is 21.2. The number of guanidine groups is 1. The number of aliphatic imine (C=N–C) groups is 1. The van der Waals surface area contributed by atoms with E-state index in [1.807, 2.05) is 19.1 Å². The van der Waals surface area contributed by atoms with E-state index in [-0.39, 0.29) is 41.8 Å². The molecule has 0 spiro atoms. The third-order valence-corrected chi connectivity index (χ3v) is 4.60. The van der Waals surface area contributed by atoms with Crippen LogP contribution in [-0.2, 0) is 16.1 Å². The predicted octanol–water partition coefficient (Wildman–Crippen LogP) is 3.27. The molecule has 2 rings (SSSR count). The van der Waals surface area contributed by atoms with Gasteiger partial charge in [-0.15, -0.1) is 24.0 Å². The molecule has 1 aromatic carbocycles. The SMILES string of the molecule is CCNC(=NCc1ccc(Br)cc1)N1CC(C)C(C(=O)OC)C1.I. The summed E-state index contributed by atoms with van der Waals surface area (Å²) in [6.45, 7) is 7.01. The number of methoxy groups -OCH3 is 1. The zero-order valence-corrected chi connectivity index (χ0v) is 18.2. The highest BCUT2D eigenvalue weighted by Crippen LogP contribution is 2.24. The number of carbonyl (C=O) groups is 1. The van der Waals surface area contributed by atoms with E-state index in [9.17, 15) is 4.79 Å². The molecule has 1 aromatic rings. The maximum atomic E-state index is 11.8. The Morgan fingerprint density at radius 3 is 2.62 bits per heavy atom. The van der Waals surface area contributed by atoms with Crippen molar-refractivity contribution >= 4 is 51.8 Å². The van der Waals surface area contributed by atoms with Crippen molar-refractivity contribution in [1.29, 1.82) is 0 Å². The van der Waals surface area contributed by atoms with E-state index in [2.05, 4.69) is 45.2 Å². The van der Waals surface area contributed by atoms with Crippen molar-refractivity contribution in [1.82, 2.24) is 10.2 Å². The number of esters is 1. The monoisotopic (exact) mass is 509 g/mol. The number of carbonyl (C=O) groups excluding carboxylic acids is 1. The van der Waals surface area contributed by atoms with E-state index < -0.39 is 0 Å². The average Bonchev–Trinajstić information content (AvgIpc) is 2.94. The molecule has 134 valence electrons. The van der Waals surface area contributed by atoms with Crippen LogP contribution in [0, 0.1) is 11.8 Å². The number of nitrogens with one attached hydrogen (secondary N) is 1. The molecule has 0 radical (unpaired) electrons. The fraction of sp³-hybridized carbons (Fsp3) is 0.529. The summed E-state index contributed by atoms with van der Waals surface area (Å²) in [5, 5.41) is 3.32. The Bertz CT molecular complexity index is 565. The van der Waals surface area contributed by atoms with Gasteiger partial charge in [-0.05, 0) is 30.5 Å². The van der Waals surface area contributed by atoms with Crippen LogP contribution in [0.15, 0.2) is 33.7 Å². The summed E-state index contributed by atoms with van der Waals surface area (Å²) in [6, 6.07) is 8.15. The molecule has 1 fully saturated rings. The quantitative estimate of drug-likeness (QED) is 0.293. The van der Waals surface area contributed by atoms with Gasteiger partial charge in [-0.1, -0.05) is 35.0 Å². The summed E-state index contributed by atoms with van der Waals surface area (Å²) in [4.78, 5) is 18.7. The molecule has 0 saturated carbocycles. The first-order valence-electron chi connectivity index (χ1n) is 7.90. The smallest absolute Gasteiger partial charge is 0.310 e. The van der Waals surface area contributed by atoms with E-state index in [1.54, 1.807) is 0 Å². The molecule has 2 unspecified atom stereocenters. The van der Waals surface area contributed by atoms with E-state index in [1.165, 1.54) is 7.11 Å². The topological polar surface area (TPSA) is 53.9 Å². The predicted molar refractivity (Wildman–Crippen MR) is 111 cm³/mol. The van der Waals surface area contributed by atoms with Crippen LogP contribution in [0.1, 0.15) is 19.4 Å². The van der Waals surface area contributed by atoms with Gasteiger partial charge in [0.2, 0.25) is 0 Å². The molecule has 7 heteroatoms. The van der Waals surface area contributed by atoms with Gasteiger partial charge in [0.15, 0.2) is 5.96 Å².